The fourth-order valence-electron chi connectivity index (χ4n) is 4.50. The summed E-state index contributed by atoms with van der Waals surface area (Å²) in [5, 5.41) is 15.1. The van der Waals surface area contributed by atoms with Gasteiger partial charge in [-0.1, -0.05) is 105 Å². The van der Waals surface area contributed by atoms with E-state index in [1.807, 2.05) is 103 Å². The topological polar surface area (TPSA) is 82.5 Å². The lowest BCUT2D eigenvalue weighted by Crippen LogP contribution is -2.53. The Morgan fingerprint density at radius 1 is 0.944 bits per heavy atom. The summed E-state index contributed by atoms with van der Waals surface area (Å²) < 4.78 is 0. The van der Waals surface area contributed by atoms with E-state index in [0.717, 1.165) is 22.4 Å². The average molecular weight is 500 g/mol. The highest BCUT2D eigenvalue weighted by Crippen LogP contribution is 2.40. The minimum absolute atomic E-state index is 0.0235. The molecule has 0 radical (unpaired) electrons. The Balaban J connectivity index is 1.77. The van der Waals surface area contributed by atoms with Gasteiger partial charge in [-0.3, -0.25) is 10.1 Å². The number of urea groups is 1. The van der Waals surface area contributed by atoms with Crippen LogP contribution in [-0.4, -0.2) is 33.5 Å². The van der Waals surface area contributed by atoms with Gasteiger partial charge in [0.05, 0.1) is 17.2 Å². The van der Waals surface area contributed by atoms with Gasteiger partial charge in [0, 0.05) is 17.5 Å². The predicted octanol–water partition coefficient (Wildman–Crippen LogP) is 6.72. The Morgan fingerprint density at radius 2 is 1.47 bits per heavy atom. The highest BCUT2D eigenvalue weighted by Gasteiger charge is 2.43. The molecule has 7 heteroatoms. The summed E-state index contributed by atoms with van der Waals surface area (Å²) in [4.78, 5) is 32.1. The summed E-state index contributed by atoms with van der Waals surface area (Å²) in [5.74, 6) is -1.73. The molecular formula is C29H29N3O3S. The molecule has 1 aromatic heterocycles. The molecule has 0 saturated carbocycles. The number of amides is 2. The summed E-state index contributed by atoms with van der Waals surface area (Å²) in [6, 6.07) is 28.9. The highest BCUT2D eigenvalue weighted by molar-refractivity contribution is 7.14. The molecule has 2 N–H and O–H groups in total. The number of nitrogens with zero attached hydrogens (tertiary/aromatic N) is 2. The van der Waals surface area contributed by atoms with Gasteiger partial charge < -0.3 is 10.0 Å². The number of carbonyl (C=O) groups is 2. The predicted molar refractivity (Wildman–Crippen MR) is 144 cm³/mol. The third-order valence-electron chi connectivity index (χ3n) is 6.39. The van der Waals surface area contributed by atoms with E-state index in [-0.39, 0.29) is 6.54 Å². The molecule has 1 heterocycles. The zero-order valence-corrected chi connectivity index (χ0v) is 21.1. The van der Waals surface area contributed by atoms with Crippen molar-refractivity contribution in [1.82, 2.24) is 9.88 Å². The molecule has 0 bridgehead atoms. The zero-order valence-electron chi connectivity index (χ0n) is 20.3. The summed E-state index contributed by atoms with van der Waals surface area (Å²) in [6.07, 6.45) is 0.550. The van der Waals surface area contributed by atoms with Gasteiger partial charge >= 0.3 is 12.0 Å². The quantitative estimate of drug-likeness (QED) is 0.268. The van der Waals surface area contributed by atoms with Crippen molar-refractivity contribution in [2.75, 3.05) is 11.9 Å². The monoisotopic (exact) mass is 499 g/mol. The van der Waals surface area contributed by atoms with E-state index in [1.54, 1.807) is 11.8 Å². The van der Waals surface area contributed by atoms with Crippen molar-refractivity contribution in [1.29, 1.82) is 0 Å². The molecule has 0 fully saturated rings. The van der Waals surface area contributed by atoms with Crippen LogP contribution in [0.15, 0.2) is 96.4 Å². The molecule has 6 nitrogen and oxygen atoms in total. The average Bonchev–Trinajstić information content (AvgIpc) is 3.38. The van der Waals surface area contributed by atoms with Gasteiger partial charge in [0.15, 0.2) is 5.13 Å². The second-order valence-electron chi connectivity index (χ2n) is 8.63. The van der Waals surface area contributed by atoms with Crippen molar-refractivity contribution in [3.63, 3.8) is 0 Å². The van der Waals surface area contributed by atoms with Crippen molar-refractivity contribution < 1.29 is 14.7 Å². The van der Waals surface area contributed by atoms with E-state index in [9.17, 15) is 14.7 Å². The van der Waals surface area contributed by atoms with Gasteiger partial charge in [-0.2, -0.15) is 0 Å². The smallest absolute Gasteiger partial charge is 0.324 e. The first-order valence-electron chi connectivity index (χ1n) is 11.9. The first-order valence-corrected chi connectivity index (χ1v) is 12.8. The summed E-state index contributed by atoms with van der Waals surface area (Å²) in [5.41, 5.74) is 2.68. The van der Waals surface area contributed by atoms with Crippen LogP contribution in [0.5, 0.6) is 0 Å². The lowest BCUT2D eigenvalue weighted by Gasteiger charge is -2.45. The highest BCUT2D eigenvalue weighted by atomic mass is 32.1. The van der Waals surface area contributed by atoms with Crippen molar-refractivity contribution in [3.05, 3.63) is 108 Å². The van der Waals surface area contributed by atoms with E-state index in [2.05, 4.69) is 10.3 Å². The van der Waals surface area contributed by atoms with Gasteiger partial charge in [-0.15, -0.1) is 11.3 Å². The molecule has 0 aliphatic rings. The van der Waals surface area contributed by atoms with Crippen LogP contribution in [0.1, 0.15) is 31.4 Å². The van der Waals surface area contributed by atoms with E-state index < -0.39 is 23.5 Å². The van der Waals surface area contributed by atoms with Crippen LogP contribution in [0.2, 0.25) is 0 Å². The fraction of sp³-hybridized carbons (Fsp3) is 0.207. The Morgan fingerprint density at radius 3 is 1.97 bits per heavy atom. The molecule has 0 aliphatic carbocycles. The molecule has 2 amide bonds. The van der Waals surface area contributed by atoms with E-state index in [1.165, 1.54) is 11.3 Å². The Hall–Kier alpha value is -3.97. The minimum atomic E-state index is -0.959. The summed E-state index contributed by atoms with van der Waals surface area (Å²) in [6.45, 7) is 3.66. The molecule has 184 valence electrons. The lowest BCUT2D eigenvalue weighted by molar-refractivity contribution is -0.141. The summed E-state index contributed by atoms with van der Waals surface area (Å²) in [7, 11) is 0. The van der Waals surface area contributed by atoms with Gasteiger partial charge in [-0.25, -0.2) is 9.78 Å². The number of nitrogens with one attached hydrogen (secondary N) is 1. The molecule has 1 atom stereocenters. The largest absolute Gasteiger partial charge is 0.481 e. The zero-order chi connectivity index (χ0) is 25.5. The van der Waals surface area contributed by atoms with Crippen LogP contribution in [-0.2, 0) is 10.3 Å². The van der Waals surface area contributed by atoms with Gasteiger partial charge in [0.2, 0.25) is 0 Å². The Kier molecular flexibility index (Phi) is 7.80. The van der Waals surface area contributed by atoms with E-state index >= 15 is 0 Å². The van der Waals surface area contributed by atoms with Crippen molar-refractivity contribution in [3.8, 4) is 11.3 Å². The number of hydrogen-bond donors (Lipinski definition) is 2. The number of carboxylic acids is 1. The van der Waals surface area contributed by atoms with Crippen LogP contribution in [0, 0.1) is 5.92 Å². The van der Waals surface area contributed by atoms with Gasteiger partial charge in [0.25, 0.3) is 0 Å². The van der Waals surface area contributed by atoms with Crippen LogP contribution in [0.4, 0.5) is 9.93 Å². The molecule has 1 unspecified atom stereocenters. The number of aromatic nitrogens is 1. The van der Waals surface area contributed by atoms with Crippen LogP contribution in [0.3, 0.4) is 0 Å². The first kappa shape index (κ1) is 25.1. The number of thiazole rings is 1. The number of anilines is 1. The molecular weight excluding hydrogens is 470 g/mol. The molecule has 0 spiro atoms. The third kappa shape index (κ3) is 5.16. The van der Waals surface area contributed by atoms with Crippen molar-refractivity contribution >= 4 is 28.5 Å². The first-order chi connectivity index (χ1) is 17.5. The number of hydrogen-bond acceptors (Lipinski definition) is 4. The lowest BCUT2D eigenvalue weighted by atomic mass is 9.78. The number of rotatable bonds is 9. The molecule has 4 aromatic rings. The second-order valence-corrected chi connectivity index (χ2v) is 9.49. The van der Waals surface area contributed by atoms with Gasteiger partial charge in [0.1, 0.15) is 0 Å². The van der Waals surface area contributed by atoms with Crippen molar-refractivity contribution in [2.45, 2.75) is 25.8 Å². The number of benzene rings is 3. The number of carbonyl (C=O) groups excluding carboxylic acids is 1. The normalized spacial score (nSPS) is 12.1. The van der Waals surface area contributed by atoms with Crippen LogP contribution in [0.25, 0.3) is 11.3 Å². The standard InChI is InChI=1S/C29H29N3O3S/c1-3-29(23-15-9-5-10-16-23,24-17-11-6-12-18-24)32(19-21(2)26(33)34)28(35)31-27-30-25(20-36-27)22-13-7-4-8-14-22/h4-18,20-21H,3,19H2,1-2H3,(H,33,34)(H,30,31,35). The Bertz CT molecular complexity index is 1250. The minimum Gasteiger partial charge on any atom is -0.481 e. The van der Waals surface area contributed by atoms with E-state index in [0.29, 0.717) is 11.6 Å². The molecule has 0 aliphatic heterocycles. The third-order valence-corrected chi connectivity index (χ3v) is 7.14. The van der Waals surface area contributed by atoms with E-state index in [4.69, 9.17) is 0 Å². The van der Waals surface area contributed by atoms with Crippen molar-refractivity contribution in [2.24, 2.45) is 5.92 Å². The fourth-order valence-corrected chi connectivity index (χ4v) is 5.21. The SMILES string of the molecule is CCC(c1ccccc1)(c1ccccc1)N(CC(C)C(=O)O)C(=O)Nc1nc(-c2ccccc2)cs1. The molecule has 3 aromatic carbocycles. The Labute approximate surface area is 215 Å². The molecule has 36 heavy (non-hydrogen) atoms. The van der Waals surface area contributed by atoms with Crippen LogP contribution >= 0.6 is 11.3 Å². The van der Waals surface area contributed by atoms with Gasteiger partial charge in [-0.05, 0) is 17.5 Å². The number of carboxylic acid groups (broad SMARTS) is 1. The maximum Gasteiger partial charge on any atom is 0.324 e. The number of aliphatic carboxylic acids is 1. The second kappa shape index (κ2) is 11.2. The summed E-state index contributed by atoms with van der Waals surface area (Å²) >= 11 is 1.34. The maximum atomic E-state index is 14.0. The van der Waals surface area contributed by atoms with Crippen LogP contribution < -0.4 is 5.32 Å². The molecule has 4 rings (SSSR count). The maximum absolute atomic E-state index is 14.0. The molecule has 0 saturated heterocycles.